The highest BCUT2D eigenvalue weighted by molar-refractivity contribution is 5.90. The van der Waals surface area contributed by atoms with Crippen molar-refractivity contribution in [3.05, 3.63) is 29.3 Å². The van der Waals surface area contributed by atoms with E-state index in [2.05, 4.69) is 18.7 Å². The molecular formula is C16H26N2O2. The number of hydrogen-bond donors (Lipinski definition) is 1. The van der Waals surface area contributed by atoms with Crippen LogP contribution < -0.4 is 5.73 Å². The Morgan fingerprint density at radius 1 is 1.20 bits per heavy atom. The van der Waals surface area contributed by atoms with E-state index in [0.29, 0.717) is 17.9 Å². The van der Waals surface area contributed by atoms with Gasteiger partial charge in [0, 0.05) is 12.2 Å². The molecule has 1 rings (SSSR count). The van der Waals surface area contributed by atoms with Crippen LogP contribution in [0.4, 0.5) is 5.69 Å². The number of ether oxygens (including phenoxy) is 1. The number of hydrogen-bond acceptors (Lipinski definition) is 4. The smallest absolute Gasteiger partial charge is 0.338 e. The molecule has 0 aliphatic carbocycles. The van der Waals surface area contributed by atoms with Gasteiger partial charge in [0.15, 0.2) is 0 Å². The maximum absolute atomic E-state index is 11.6. The highest BCUT2D eigenvalue weighted by atomic mass is 16.5. The molecule has 0 saturated heterocycles. The van der Waals surface area contributed by atoms with Gasteiger partial charge in [-0.3, -0.25) is 4.90 Å². The zero-order valence-corrected chi connectivity index (χ0v) is 12.8. The van der Waals surface area contributed by atoms with Crippen molar-refractivity contribution >= 4 is 11.7 Å². The van der Waals surface area contributed by atoms with Crippen molar-refractivity contribution in [1.82, 2.24) is 4.90 Å². The number of carbonyl (C=O) groups is 1. The van der Waals surface area contributed by atoms with E-state index in [-0.39, 0.29) is 5.97 Å². The molecule has 0 saturated carbocycles. The first kappa shape index (κ1) is 16.5. The van der Waals surface area contributed by atoms with Gasteiger partial charge < -0.3 is 10.5 Å². The summed E-state index contributed by atoms with van der Waals surface area (Å²) in [6.07, 6.45) is 2.25. The summed E-state index contributed by atoms with van der Waals surface area (Å²) in [6.45, 7) is 9.48. The Balaban J connectivity index is 2.78. The first-order valence-corrected chi connectivity index (χ1v) is 7.40. The Kier molecular flexibility index (Phi) is 7.09. The van der Waals surface area contributed by atoms with Gasteiger partial charge in [0.1, 0.15) is 0 Å². The van der Waals surface area contributed by atoms with Crippen LogP contribution in [0.3, 0.4) is 0 Å². The van der Waals surface area contributed by atoms with E-state index in [1.807, 2.05) is 6.07 Å². The van der Waals surface area contributed by atoms with Crippen LogP contribution in [-0.2, 0) is 11.3 Å². The van der Waals surface area contributed by atoms with E-state index in [9.17, 15) is 4.79 Å². The quantitative estimate of drug-likeness (QED) is 0.586. The molecule has 0 unspecified atom stereocenters. The van der Waals surface area contributed by atoms with Gasteiger partial charge in [0.25, 0.3) is 0 Å². The highest BCUT2D eigenvalue weighted by Crippen LogP contribution is 2.17. The fraction of sp³-hybridized carbons (Fsp3) is 0.562. The molecule has 2 N–H and O–H groups in total. The average Bonchev–Trinajstić information content (AvgIpc) is 2.42. The van der Waals surface area contributed by atoms with Gasteiger partial charge in [0.05, 0.1) is 12.2 Å². The third-order valence-electron chi connectivity index (χ3n) is 3.13. The van der Waals surface area contributed by atoms with Crippen molar-refractivity contribution in [2.45, 2.75) is 40.2 Å². The van der Waals surface area contributed by atoms with Gasteiger partial charge in [-0.05, 0) is 50.6 Å². The summed E-state index contributed by atoms with van der Waals surface area (Å²) >= 11 is 0. The van der Waals surface area contributed by atoms with Crippen molar-refractivity contribution < 1.29 is 9.53 Å². The molecule has 0 aliphatic heterocycles. The summed E-state index contributed by atoms with van der Waals surface area (Å²) in [5.74, 6) is -0.315. The van der Waals surface area contributed by atoms with E-state index in [4.69, 9.17) is 10.5 Å². The molecule has 0 bridgehead atoms. The monoisotopic (exact) mass is 278 g/mol. The normalized spacial score (nSPS) is 10.8. The fourth-order valence-electron chi connectivity index (χ4n) is 2.22. The van der Waals surface area contributed by atoms with Crippen molar-refractivity contribution in [3.8, 4) is 0 Å². The molecule has 0 aliphatic rings. The van der Waals surface area contributed by atoms with Crippen molar-refractivity contribution in [1.29, 1.82) is 0 Å². The van der Waals surface area contributed by atoms with Crippen LogP contribution >= 0.6 is 0 Å². The summed E-state index contributed by atoms with van der Waals surface area (Å²) in [6, 6.07) is 5.43. The molecule has 0 fully saturated rings. The first-order chi connectivity index (χ1) is 9.62. The lowest BCUT2D eigenvalue weighted by atomic mass is 10.1. The molecule has 0 heterocycles. The van der Waals surface area contributed by atoms with Crippen LogP contribution in [-0.4, -0.2) is 30.6 Å². The minimum atomic E-state index is -0.315. The van der Waals surface area contributed by atoms with Gasteiger partial charge >= 0.3 is 5.97 Å². The molecule has 0 radical (unpaired) electrons. The SMILES string of the molecule is CCCN(CCC)Cc1ccc(C(=O)OCC)cc1N. The van der Waals surface area contributed by atoms with Gasteiger partial charge in [-0.15, -0.1) is 0 Å². The van der Waals surface area contributed by atoms with Crippen molar-refractivity contribution in [3.63, 3.8) is 0 Å². The molecule has 20 heavy (non-hydrogen) atoms. The molecule has 1 aromatic rings. The summed E-state index contributed by atoms with van der Waals surface area (Å²) in [4.78, 5) is 14.0. The first-order valence-electron chi connectivity index (χ1n) is 7.40. The number of nitrogens with zero attached hydrogens (tertiary/aromatic N) is 1. The van der Waals surface area contributed by atoms with Gasteiger partial charge in [-0.2, -0.15) is 0 Å². The summed E-state index contributed by atoms with van der Waals surface area (Å²) in [5, 5.41) is 0. The molecule has 4 nitrogen and oxygen atoms in total. The topological polar surface area (TPSA) is 55.6 Å². The predicted molar refractivity (Wildman–Crippen MR) is 82.7 cm³/mol. The number of esters is 1. The Hall–Kier alpha value is -1.55. The highest BCUT2D eigenvalue weighted by Gasteiger charge is 2.11. The fourth-order valence-corrected chi connectivity index (χ4v) is 2.22. The van der Waals surface area contributed by atoms with Crippen LogP contribution in [0.2, 0.25) is 0 Å². The number of rotatable bonds is 8. The van der Waals surface area contributed by atoms with E-state index in [0.717, 1.165) is 38.0 Å². The average molecular weight is 278 g/mol. The number of nitrogen functional groups attached to an aromatic ring is 1. The number of nitrogens with two attached hydrogens (primary N) is 1. The standard InChI is InChI=1S/C16H26N2O2/c1-4-9-18(10-5-2)12-14-8-7-13(11-15(14)17)16(19)20-6-3/h7-8,11H,4-6,9-10,12,17H2,1-3H3. The molecule has 0 spiro atoms. The maximum Gasteiger partial charge on any atom is 0.338 e. The molecule has 0 atom stereocenters. The Bertz CT molecular complexity index is 426. The molecule has 0 aromatic heterocycles. The molecule has 0 amide bonds. The van der Waals surface area contributed by atoms with Crippen molar-refractivity contribution in [2.24, 2.45) is 0 Å². The summed E-state index contributed by atoms with van der Waals surface area (Å²) in [5.41, 5.74) is 8.31. The predicted octanol–water partition coefficient (Wildman–Crippen LogP) is 3.07. The zero-order valence-electron chi connectivity index (χ0n) is 12.8. The van der Waals surface area contributed by atoms with Crippen LogP contribution in [0.1, 0.15) is 49.5 Å². The largest absolute Gasteiger partial charge is 0.462 e. The van der Waals surface area contributed by atoms with E-state index < -0.39 is 0 Å². The Morgan fingerprint density at radius 2 is 1.85 bits per heavy atom. The third kappa shape index (κ3) is 4.85. The van der Waals surface area contributed by atoms with Crippen LogP contribution in [0.25, 0.3) is 0 Å². The lowest BCUT2D eigenvalue weighted by molar-refractivity contribution is 0.0526. The van der Waals surface area contributed by atoms with E-state index in [1.165, 1.54) is 0 Å². The minimum absolute atomic E-state index is 0.315. The minimum Gasteiger partial charge on any atom is -0.462 e. The van der Waals surface area contributed by atoms with Crippen LogP contribution in [0, 0.1) is 0 Å². The van der Waals surface area contributed by atoms with Crippen LogP contribution in [0.5, 0.6) is 0 Å². The second kappa shape index (κ2) is 8.59. The van der Waals surface area contributed by atoms with Gasteiger partial charge in [0.2, 0.25) is 0 Å². The summed E-state index contributed by atoms with van der Waals surface area (Å²) < 4.78 is 4.98. The lowest BCUT2D eigenvalue weighted by Gasteiger charge is -2.22. The summed E-state index contributed by atoms with van der Waals surface area (Å²) in [7, 11) is 0. The molecular weight excluding hydrogens is 252 g/mol. The van der Waals surface area contributed by atoms with Gasteiger partial charge in [-0.25, -0.2) is 4.79 Å². The second-order valence-electron chi connectivity index (χ2n) is 4.91. The van der Waals surface area contributed by atoms with Crippen LogP contribution in [0.15, 0.2) is 18.2 Å². The Labute approximate surface area is 121 Å². The number of carbonyl (C=O) groups excluding carboxylic acids is 1. The Morgan fingerprint density at radius 3 is 2.35 bits per heavy atom. The molecule has 4 heteroatoms. The zero-order chi connectivity index (χ0) is 15.0. The molecule has 1 aromatic carbocycles. The van der Waals surface area contributed by atoms with Gasteiger partial charge in [-0.1, -0.05) is 19.9 Å². The second-order valence-corrected chi connectivity index (χ2v) is 4.91. The van der Waals surface area contributed by atoms with E-state index >= 15 is 0 Å². The lowest BCUT2D eigenvalue weighted by Crippen LogP contribution is -2.25. The molecule has 112 valence electrons. The van der Waals surface area contributed by atoms with E-state index in [1.54, 1.807) is 19.1 Å². The maximum atomic E-state index is 11.6. The third-order valence-corrected chi connectivity index (χ3v) is 3.13. The van der Waals surface area contributed by atoms with Crippen molar-refractivity contribution in [2.75, 3.05) is 25.4 Å². The number of benzene rings is 1. The number of anilines is 1.